The molecule has 0 bridgehead atoms. The minimum Gasteiger partial charge on any atom is -0.463 e. The molecule has 2 heterocycles. The first-order valence-corrected chi connectivity index (χ1v) is 7.63. The number of rotatable bonds is 5. The number of hydrogen-bond donors (Lipinski definition) is 1. The maximum atomic E-state index is 12.1. The molecule has 0 aliphatic carbocycles. The van der Waals surface area contributed by atoms with Crippen LogP contribution in [0.25, 0.3) is 11.5 Å². The van der Waals surface area contributed by atoms with Gasteiger partial charge in [0.2, 0.25) is 5.91 Å². The predicted octanol–water partition coefficient (Wildman–Crippen LogP) is 2.47. The average Bonchev–Trinajstić information content (AvgIpc) is 3.11. The molecule has 0 fully saturated rings. The molecule has 122 valence electrons. The van der Waals surface area contributed by atoms with Crippen LogP contribution >= 0.6 is 11.6 Å². The summed E-state index contributed by atoms with van der Waals surface area (Å²) in [6.07, 6.45) is 1.52. The topological polar surface area (TPSA) is 77.1 Å². The number of nitrogens with zero attached hydrogens (tertiary/aromatic N) is 2. The number of carbonyl (C=O) groups is 1. The number of benzene rings is 1. The summed E-state index contributed by atoms with van der Waals surface area (Å²) in [7, 11) is 0. The third-order valence-corrected chi connectivity index (χ3v) is 3.74. The molecular formula is C17H14ClN3O3. The van der Waals surface area contributed by atoms with Crippen molar-refractivity contribution < 1.29 is 9.21 Å². The number of amides is 1. The van der Waals surface area contributed by atoms with Crippen LogP contribution in [0.3, 0.4) is 0 Å². The van der Waals surface area contributed by atoms with Gasteiger partial charge in [0.15, 0.2) is 5.76 Å². The molecule has 0 radical (unpaired) electrons. The molecule has 1 N–H and O–H groups in total. The molecule has 6 nitrogen and oxygen atoms in total. The van der Waals surface area contributed by atoms with Gasteiger partial charge in [-0.2, -0.15) is 5.10 Å². The Kier molecular flexibility index (Phi) is 4.77. The second-order valence-electron chi connectivity index (χ2n) is 5.06. The minimum absolute atomic E-state index is 0.183. The van der Waals surface area contributed by atoms with Gasteiger partial charge in [0, 0.05) is 17.6 Å². The van der Waals surface area contributed by atoms with E-state index in [1.807, 2.05) is 18.2 Å². The maximum absolute atomic E-state index is 12.1. The molecule has 0 saturated carbocycles. The van der Waals surface area contributed by atoms with Gasteiger partial charge in [-0.3, -0.25) is 9.59 Å². The first kappa shape index (κ1) is 16.0. The summed E-state index contributed by atoms with van der Waals surface area (Å²) < 4.78 is 6.34. The molecule has 0 saturated heterocycles. The number of nitrogens with one attached hydrogen (secondary N) is 1. The SMILES string of the molecule is O=C(Cn1nc(-c2ccco2)ccc1=O)NCc1ccccc1Cl. The lowest BCUT2D eigenvalue weighted by molar-refractivity contribution is -0.122. The largest absolute Gasteiger partial charge is 0.463 e. The first-order chi connectivity index (χ1) is 11.6. The fourth-order valence-corrected chi connectivity index (χ4v) is 2.35. The Morgan fingerprint density at radius 3 is 2.75 bits per heavy atom. The molecule has 24 heavy (non-hydrogen) atoms. The van der Waals surface area contributed by atoms with Crippen molar-refractivity contribution in [1.29, 1.82) is 0 Å². The normalized spacial score (nSPS) is 10.5. The van der Waals surface area contributed by atoms with Crippen LogP contribution in [0.5, 0.6) is 0 Å². The highest BCUT2D eigenvalue weighted by Gasteiger charge is 2.09. The van der Waals surface area contributed by atoms with Crippen LogP contribution in [-0.2, 0) is 17.9 Å². The van der Waals surface area contributed by atoms with Gasteiger partial charge in [0.25, 0.3) is 5.56 Å². The van der Waals surface area contributed by atoms with E-state index in [4.69, 9.17) is 16.0 Å². The van der Waals surface area contributed by atoms with Gasteiger partial charge in [-0.15, -0.1) is 0 Å². The molecule has 0 aliphatic rings. The summed E-state index contributed by atoms with van der Waals surface area (Å²) in [5.74, 6) is 0.196. The fraction of sp³-hybridized carbons (Fsp3) is 0.118. The van der Waals surface area contributed by atoms with Crippen LogP contribution in [0.1, 0.15) is 5.56 Å². The van der Waals surface area contributed by atoms with Crippen LogP contribution in [0.4, 0.5) is 0 Å². The molecule has 3 rings (SSSR count). The summed E-state index contributed by atoms with van der Waals surface area (Å²) in [5.41, 5.74) is 0.925. The summed E-state index contributed by atoms with van der Waals surface area (Å²) in [6, 6.07) is 13.6. The molecule has 1 aromatic carbocycles. The van der Waals surface area contributed by atoms with Gasteiger partial charge in [-0.05, 0) is 29.8 Å². The van der Waals surface area contributed by atoms with Gasteiger partial charge in [-0.1, -0.05) is 29.8 Å². The van der Waals surface area contributed by atoms with E-state index in [0.717, 1.165) is 10.2 Å². The van der Waals surface area contributed by atoms with E-state index in [0.29, 0.717) is 16.5 Å². The van der Waals surface area contributed by atoms with Crippen LogP contribution in [0.15, 0.2) is 64.0 Å². The Hall–Kier alpha value is -2.86. The van der Waals surface area contributed by atoms with Crippen molar-refractivity contribution in [3.8, 4) is 11.5 Å². The molecule has 0 aliphatic heterocycles. The van der Waals surface area contributed by atoms with Crippen molar-refractivity contribution in [2.24, 2.45) is 0 Å². The average molecular weight is 344 g/mol. The van der Waals surface area contributed by atoms with Crippen molar-refractivity contribution in [2.45, 2.75) is 13.1 Å². The van der Waals surface area contributed by atoms with Crippen molar-refractivity contribution in [1.82, 2.24) is 15.1 Å². The Labute approximate surface area is 142 Å². The monoisotopic (exact) mass is 343 g/mol. The number of hydrogen-bond acceptors (Lipinski definition) is 4. The third kappa shape index (κ3) is 3.72. The lowest BCUT2D eigenvalue weighted by atomic mass is 10.2. The standard InChI is InChI=1S/C17H14ClN3O3/c18-13-5-2-1-4-12(13)10-19-16(22)11-21-17(23)8-7-14(20-21)15-6-3-9-24-15/h1-9H,10-11H2,(H,19,22). The van der Waals surface area contributed by atoms with Gasteiger partial charge < -0.3 is 9.73 Å². The zero-order valence-electron chi connectivity index (χ0n) is 12.6. The second-order valence-corrected chi connectivity index (χ2v) is 5.47. The summed E-state index contributed by atoms with van der Waals surface area (Å²) in [5, 5.41) is 7.45. The molecule has 2 aromatic heterocycles. The Balaban J connectivity index is 1.69. The number of furan rings is 1. The molecule has 0 atom stereocenters. The minimum atomic E-state index is -0.363. The molecular weight excluding hydrogens is 330 g/mol. The quantitative estimate of drug-likeness (QED) is 0.772. The lowest BCUT2D eigenvalue weighted by Crippen LogP contribution is -2.33. The fourth-order valence-electron chi connectivity index (χ4n) is 2.15. The Morgan fingerprint density at radius 1 is 1.17 bits per heavy atom. The van der Waals surface area contributed by atoms with E-state index in [-0.39, 0.29) is 24.6 Å². The highest BCUT2D eigenvalue weighted by Crippen LogP contribution is 2.15. The summed E-state index contributed by atoms with van der Waals surface area (Å²) in [4.78, 5) is 23.9. The van der Waals surface area contributed by atoms with Gasteiger partial charge in [0.1, 0.15) is 12.2 Å². The van der Waals surface area contributed by atoms with E-state index in [1.165, 1.54) is 12.3 Å². The smallest absolute Gasteiger partial charge is 0.267 e. The Bertz CT molecular complexity index is 903. The van der Waals surface area contributed by atoms with Crippen molar-refractivity contribution >= 4 is 17.5 Å². The molecule has 0 spiro atoms. The van der Waals surface area contributed by atoms with Crippen molar-refractivity contribution in [3.05, 3.63) is 75.7 Å². The number of halogens is 1. The summed E-state index contributed by atoms with van der Waals surface area (Å²) >= 11 is 6.04. The Morgan fingerprint density at radius 2 is 2.00 bits per heavy atom. The number of aromatic nitrogens is 2. The zero-order valence-corrected chi connectivity index (χ0v) is 13.4. The van der Waals surface area contributed by atoms with Gasteiger partial charge in [-0.25, -0.2) is 4.68 Å². The second kappa shape index (κ2) is 7.14. The highest BCUT2D eigenvalue weighted by atomic mass is 35.5. The maximum Gasteiger partial charge on any atom is 0.267 e. The van der Waals surface area contributed by atoms with E-state index in [1.54, 1.807) is 24.3 Å². The molecule has 3 aromatic rings. The van der Waals surface area contributed by atoms with Crippen LogP contribution in [0.2, 0.25) is 5.02 Å². The molecule has 7 heteroatoms. The van der Waals surface area contributed by atoms with E-state index < -0.39 is 0 Å². The van der Waals surface area contributed by atoms with Crippen LogP contribution < -0.4 is 10.9 Å². The van der Waals surface area contributed by atoms with E-state index in [9.17, 15) is 9.59 Å². The number of carbonyl (C=O) groups excluding carboxylic acids is 1. The lowest BCUT2D eigenvalue weighted by Gasteiger charge is -2.08. The molecule has 0 unspecified atom stereocenters. The third-order valence-electron chi connectivity index (χ3n) is 3.37. The predicted molar refractivity (Wildman–Crippen MR) is 89.5 cm³/mol. The van der Waals surface area contributed by atoms with Crippen molar-refractivity contribution in [3.63, 3.8) is 0 Å². The van der Waals surface area contributed by atoms with Crippen LogP contribution in [0, 0.1) is 0 Å². The van der Waals surface area contributed by atoms with Crippen molar-refractivity contribution in [2.75, 3.05) is 0 Å². The summed E-state index contributed by atoms with van der Waals surface area (Å²) in [6.45, 7) is 0.100. The highest BCUT2D eigenvalue weighted by molar-refractivity contribution is 6.31. The van der Waals surface area contributed by atoms with Gasteiger partial charge in [0.05, 0.1) is 6.26 Å². The van der Waals surface area contributed by atoms with E-state index >= 15 is 0 Å². The van der Waals surface area contributed by atoms with Crippen LogP contribution in [-0.4, -0.2) is 15.7 Å². The first-order valence-electron chi connectivity index (χ1n) is 7.25. The van der Waals surface area contributed by atoms with E-state index in [2.05, 4.69) is 10.4 Å². The molecule has 1 amide bonds. The zero-order chi connectivity index (χ0) is 16.9. The van der Waals surface area contributed by atoms with Gasteiger partial charge >= 0.3 is 0 Å².